The standard InChI is InChI=1S/C9H12N2O4/c1-15-6-2-3-9(11(13)14)7(4-6)8(10)5-12/h2-4,8,12H,5,10H2,1H3/t8-/m1/s1. The first-order valence-electron chi connectivity index (χ1n) is 4.29. The van der Waals surface area contributed by atoms with Gasteiger partial charge in [-0.25, -0.2) is 0 Å². The van der Waals surface area contributed by atoms with Crippen LogP contribution < -0.4 is 10.5 Å². The van der Waals surface area contributed by atoms with Gasteiger partial charge in [-0.1, -0.05) is 0 Å². The fraction of sp³-hybridized carbons (Fsp3) is 0.333. The van der Waals surface area contributed by atoms with Gasteiger partial charge in [0.2, 0.25) is 0 Å². The van der Waals surface area contributed by atoms with E-state index >= 15 is 0 Å². The van der Waals surface area contributed by atoms with E-state index in [9.17, 15) is 10.1 Å². The molecular formula is C9H12N2O4. The summed E-state index contributed by atoms with van der Waals surface area (Å²) >= 11 is 0. The van der Waals surface area contributed by atoms with Gasteiger partial charge < -0.3 is 15.6 Å². The highest BCUT2D eigenvalue weighted by Gasteiger charge is 2.19. The van der Waals surface area contributed by atoms with Gasteiger partial charge in [0.1, 0.15) is 5.75 Å². The van der Waals surface area contributed by atoms with Crippen LogP contribution in [0.4, 0.5) is 5.69 Å². The summed E-state index contributed by atoms with van der Waals surface area (Å²) in [6.07, 6.45) is 0. The molecule has 0 saturated heterocycles. The topological polar surface area (TPSA) is 98.6 Å². The van der Waals surface area contributed by atoms with Gasteiger partial charge in [0, 0.05) is 6.07 Å². The molecule has 1 atom stereocenters. The van der Waals surface area contributed by atoms with Crippen LogP contribution in [0.2, 0.25) is 0 Å². The van der Waals surface area contributed by atoms with Crippen molar-refractivity contribution in [3.8, 4) is 5.75 Å². The third-order valence-electron chi connectivity index (χ3n) is 2.03. The van der Waals surface area contributed by atoms with Crippen molar-refractivity contribution < 1.29 is 14.8 Å². The quantitative estimate of drug-likeness (QED) is 0.562. The smallest absolute Gasteiger partial charge is 0.274 e. The van der Waals surface area contributed by atoms with E-state index in [2.05, 4.69) is 0 Å². The Balaban J connectivity index is 3.22. The van der Waals surface area contributed by atoms with Crippen LogP contribution in [-0.2, 0) is 0 Å². The number of hydrogen-bond donors (Lipinski definition) is 2. The summed E-state index contributed by atoms with van der Waals surface area (Å²) in [7, 11) is 1.45. The second-order valence-electron chi connectivity index (χ2n) is 2.97. The van der Waals surface area contributed by atoms with E-state index < -0.39 is 11.0 Å². The van der Waals surface area contributed by atoms with E-state index in [1.54, 1.807) is 0 Å². The summed E-state index contributed by atoms with van der Waals surface area (Å²) in [6.45, 7) is -0.353. The summed E-state index contributed by atoms with van der Waals surface area (Å²) < 4.78 is 4.92. The molecule has 0 aromatic heterocycles. The lowest BCUT2D eigenvalue weighted by Gasteiger charge is -2.10. The van der Waals surface area contributed by atoms with Crippen molar-refractivity contribution >= 4 is 5.69 Å². The number of aliphatic hydroxyl groups is 1. The Hall–Kier alpha value is -1.66. The maximum absolute atomic E-state index is 10.7. The molecule has 0 radical (unpaired) electrons. The van der Waals surface area contributed by atoms with Crippen molar-refractivity contribution in [1.29, 1.82) is 0 Å². The number of rotatable bonds is 4. The van der Waals surface area contributed by atoms with E-state index in [1.807, 2.05) is 0 Å². The molecule has 0 aliphatic rings. The minimum atomic E-state index is -0.777. The number of nitrogens with zero attached hydrogens (tertiary/aromatic N) is 1. The molecule has 0 amide bonds. The minimum absolute atomic E-state index is 0.114. The van der Waals surface area contributed by atoms with Crippen molar-refractivity contribution in [1.82, 2.24) is 0 Å². The number of nitro benzene ring substituents is 1. The van der Waals surface area contributed by atoms with Crippen LogP contribution in [0.3, 0.4) is 0 Å². The number of hydrogen-bond acceptors (Lipinski definition) is 5. The zero-order valence-electron chi connectivity index (χ0n) is 8.21. The Morgan fingerprint density at radius 2 is 2.33 bits per heavy atom. The highest BCUT2D eigenvalue weighted by molar-refractivity contribution is 5.47. The van der Waals surface area contributed by atoms with E-state index in [0.29, 0.717) is 5.75 Å². The zero-order valence-corrected chi connectivity index (χ0v) is 8.21. The predicted octanol–water partition coefficient (Wildman–Crippen LogP) is 0.595. The summed E-state index contributed by atoms with van der Waals surface area (Å²) in [5.74, 6) is 0.472. The molecule has 6 nitrogen and oxygen atoms in total. The van der Waals surface area contributed by atoms with Crippen LogP contribution in [-0.4, -0.2) is 23.7 Å². The van der Waals surface area contributed by atoms with Crippen molar-refractivity contribution in [2.75, 3.05) is 13.7 Å². The highest BCUT2D eigenvalue weighted by atomic mass is 16.6. The lowest BCUT2D eigenvalue weighted by Crippen LogP contribution is -2.16. The van der Waals surface area contributed by atoms with Gasteiger partial charge in [0.05, 0.1) is 30.2 Å². The van der Waals surface area contributed by atoms with Gasteiger partial charge in [0.25, 0.3) is 5.69 Å². The van der Waals surface area contributed by atoms with Gasteiger partial charge in [-0.05, 0) is 12.1 Å². The summed E-state index contributed by atoms with van der Waals surface area (Å²) in [4.78, 5) is 10.1. The Labute approximate surface area is 86.4 Å². The molecule has 0 fully saturated rings. The molecule has 0 saturated carbocycles. The van der Waals surface area contributed by atoms with Crippen molar-refractivity contribution in [2.45, 2.75) is 6.04 Å². The van der Waals surface area contributed by atoms with Gasteiger partial charge in [-0.15, -0.1) is 0 Å². The average Bonchev–Trinajstić information content (AvgIpc) is 2.26. The fourth-order valence-corrected chi connectivity index (χ4v) is 1.22. The second-order valence-corrected chi connectivity index (χ2v) is 2.97. The summed E-state index contributed by atoms with van der Waals surface area (Å²) in [6, 6.07) is 3.47. The molecule has 1 aromatic rings. The number of ether oxygens (including phenoxy) is 1. The van der Waals surface area contributed by atoms with Crippen LogP contribution in [0.15, 0.2) is 18.2 Å². The average molecular weight is 212 g/mol. The van der Waals surface area contributed by atoms with Crippen molar-refractivity contribution in [3.63, 3.8) is 0 Å². The first-order valence-corrected chi connectivity index (χ1v) is 4.29. The molecule has 15 heavy (non-hydrogen) atoms. The number of nitrogens with two attached hydrogens (primary N) is 1. The third kappa shape index (κ3) is 2.42. The van der Waals surface area contributed by atoms with Gasteiger partial charge in [-0.3, -0.25) is 10.1 Å². The van der Waals surface area contributed by atoms with Gasteiger partial charge in [0.15, 0.2) is 0 Å². The first kappa shape index (κ1) is 11.4. The predicted molar refractivity (Wildman–Crippen MR) is 53.7 cm³/mol. The largest absolute Gasteiger partial charge is 0.497 e. The first-order chi connectivity index (χ1) is 7.10. The number of methoxy groups -OCH3 is 1. The summed E-state index contributed by atoms with van der Waals surface area (Å²) in [5.41, 5.74) is 5.70. The SMILES string of the molecule is COc1ccc([N+](=O)[O-])c([C@H](N)CO)c1. The Kier molecular flexibility index (Phi) is 3.59. The van der Waals surface area contributed by atoms with Crippen LogP contribution in [0.1, 0.15) is 11.6 Å². The zero-order chi connectivity index (χ0) is 11.4. The molecule has 3 N–H and O–H groups in total. The minimum Gasteiger partial charge on any atom is -0.497 e. The highest BCUT2D eigenvalue weighted by Crippen LogP contribution is 2.27. The molecule has 6 heteroatoms. The molecular weight excluding hydrogens is 200 g/mol. The Morgan fingerprint density at radius 1 is 1.67 bits per heavy atom. The molecule has 0 aliphatic heterocycles. The molecule has 0 heterocycles. The maximum atomic E-state index is 10.7. The fourth-order valence-electron chi connectivity index (χ4n) is 1.22. The lowest BCUT2D eigenvalue weighted by molar-refractivity contribution is -0.385. The van der Waals surface area contributed by atoms with Crippen LogP contribution in [0, 0.1) is 10.1 Å². The molecule has 0 aliphatic carbocycles. The molecule has 0 unspecified atom stereocenters. The molecule has 0 bridgehead atoms. The van der Waals surface area contributed by atoms with E-state index in [4.69, 9.17) is 15.6 Å². The second kappa shape index (κ2) is 4.72. The number of aliphatic hydroxyl groups excluding tert-OH is 1. The van der Waals surface area contributed by atoms with E-state index in [-0.39, 0.29) is 17.9 Å². The van der Waals surface area contributed by atoms with Crippen molar-refractivity contribution in [3.05, 3.63) is 33.9 Å². The van der Waals surface area contributed by atoms with Gasteiger partial charge >= 0.3 is 0 Å². The van der Waals surface area contributed by atoms with E-state index in [0.717, 1.165) is 0 Å². The Bertz CT molecular complexity index is 367. The normalized spacial score (nSPS) is 12.2. The van der Waals surface area contributed by atoms with Crippen molar-refractivity contribution in [2.24, 2.45) is 5.73 Å². The molecule has 1 aromatic carbocycles. The Morgan fingerprint density at radius 3 is 2.80 bits per heavy atom. The number of nitro groups is 1. The molecule has 82 valence electrons. The summed E-state index contributed by atoms with van der Waals surface area (Å²) in [5, 5.41) is 19.5. The van der Waals surface area contributed by atoms with Gasteiger partial charge in [-0.2, -0.15) is 0 Å². The van der Waals surface area contributed by atoms with Crippen LogP contribution >= 0.6 is 0 Å². The number of benzene rings is 1. The maximum Gasteiger partial charge on any atom is 0.274 e. The molecule has 1 rings (SSSR count). The monoisotopic (exact) mass is 212 g/mol. The molecule has 0 spiro atoms. The van der Waals surface area contributed by atoms with Crippen LogP contribution in [0.5, 0.6) is 5.75 Å². The third-order valence-corrected chi connectivity index (χ3v) is 2.03. The van der Waals surface area contributed by atoms with Crippen LogP contribution in [0.25, 0.3) is 0 Å². The van der Waals surface area contributed by atoms with E-state index in [1.165, 1.54) is 25.3 Å². The lowest BCUT2D eigenvalue weighted by atomic mass is 10.1.